The molecule has 0 bridgehead atoms. The lowest BCUT2D eigenvalue weighted by atomic mass is 9.97. The van der Waals surface area contributed by atoms with Crippen molar-refractivity contribution in [3.63, 3.8) is 0 Å². The van der Waals surface area contributed by atoms with Gasteiger partial charge in [0.25, 0.3) is 0 Å². The van der Waals surface area contributed by atoms with Crippen LogP contribution in [0.15, 0.2) is 24.3 Å². The van der Waals surface area contributed by atoms with Gasteiger partial charge in [0, 0.05) is 0 Å². The molecule has 0 N–H and O–H groups in total. The first-order valence-corrected chi connectivity index (χ1v) is 4.84. The second kappa shape index (κ2) is 2.62. The van der Waals surface area contributed by atoms with E-state index in [1.165, 1.54) is 24.0 Å². The lowest BCUT2D eigenvalue weighted by molar-refractivity contribution is 0.787. The third-order valence-corrected chi connectivity index (χ3v) is 3.06. The van der Waals surface area contributed by atoms with Gasteiger partial charge in [0.1, 0.15) is 0 Å². The SMILES string of the molecule is CCc1ccc(C2(C)CC2)cc1. The average molecular weight is 160 g/mol. The Labute approximate surface area is 74.6 Å². The highest BCUT2D eigenvalue weighted by molar-refractivity contribution is 5.32. The zero-order valence-corrected chi connectivity index (χ0v) is 7.93. The highest BCUT2D eigenvalue weighted by atomic mass is 14.4. The van der Waals surface area contributed by atoms with Crippen molar-refractivity contribution in [1.82, 2.24) is 0 Å². The van der Waals surface area contributed by atoms with Gasteiger partial charge in [-0.2, -0.15) is 0 Å². The summed E-state index contributed by atoms with van der Waals surface area (Å²) in [7, 11) is 0. The number of aryl methyl sites for hydroxylation is 1. The summed E-state index contributed by atoms with van der Waals surface area (Å²) in [4.78, 5) is 0. The summed E-state index contributed by atoms with van der Waals surface area (Å²) in [6.45, 7) is 4.56. The molecule has 1 aliphatic rings. The van der Waals surface area contributed by atoms with Gasteiger partial charge in [0.05, 0.1) is 0 Å². The number of benzene rings is 1. The Morgan fingerprint density at radius 3 is 2.17 bits per heavy atom. The molecule has 1 aliphatic carbocycles. The Kier molecular flexibility index (Phi) is 1.71. The van der Waals surface area contributed by atoms with Crippen LogP contribution in [0.1, 0.15) is 37.8 Å². The maximum absolute atomic E-state index is 2.36. The molecule has 0 heteroatoms. The van der Waals surface area contributed by atoms with E-state index in [9.17, 15) is 0 Å². The molecule has 0 nitrogen and oxygen atoms in total. The average Bonchev–Trinajstić information content (AvgIpc) is 2.85. The second-order valence-electron chi connectivity index (χ2n) is 4.11. The van der Waals surface area contributed by atoms with Crippen LogP contribution < -0.4 is 0 Å². The summed E-state index contributed by atoms with van der Waals surface area (Å²) in [6.07, 6.45) is 3.90. The molecule has 0 aliphatic heterocycles. The third-order valence-electron chi connectivity index (χ3n) is 3.06. The van der Waals surface area contributed by atoms with Crippen LogP contribution in [0.25, 0.3) is 0 Å². The highest BCUT2D eigenvalue weighted by Gasteiger charge is 2.38. The van der Waals surface area contributed by atoms with Gasteiger partial charge in [0.2, 0.25) is 0 Å². The maximum Gasteiger partial charge on any atom is -0.00746 e. The van der Waals surface area contributed by atoms with Crippen LogP contribution in [-0.2, 0) is 11.8 Å². The molecule has 0 atom stereocenters. The monoisotopic (exact) mass is 160 g/mol. The Morgan fingerprint density at radius 1 is 1.17 bits per heavy atom. The van der Waals surface area contributed by atoms with Crippen LogP contribution in [-0.4, -0.2) is 0 Å². The molecule has 0 radical (unpaired) electrons. The first kappa shape index (κ1) is 7.85. The van der Waals surface area contributed by atoms with Gasteiger partial charge in [-0.25, -0.2) is 0 Å². The summed E-state index contributed by atoms with van der Waals surface area (Å²) in [5, 5.41) is 0. The molecule has 1 fully saturated rings. The molecule has 12 heavy (non-hydrogen) atoms. The second-order valence-corrected chi connectivity index (χ2v) is 4.11. The molecule has 0 saturated heterocycles. The molecule has 1 saturated carbocycles. The van der Waals surface area contributed by atoms with Gasteiger partial charge in [0.15, 0.2) is 0 Å². The van der Waals surface area contributed by atoms with E-state index in [1.54, 1.807) is 0 Å². The van der Waals surface area contributed by atoms with Gasteiger partial charge in [-0.1, -0.05) is 38.1 Å². The van der Waals surface area contributed by atoms with E-state index in [2.05, 4.69) is 38.1 Å². The minimum atomic E-state index is 0.534. The lowest BCUT2D eigenvalue weighted by Gasteiger charge is -2.08. The van der Waals surface area contributed by atoms with Gasteiger partial charge >= 0.3 is 0 Å². The normalized spacial score (nSPS) is 19.2. The molecule has 64 valence electrons. The first-order valence-electron chi connectivity index (χ1n) is 4.84. The van der Waals surface area contributed by atoms with Crippen LogP contribution in [0.4, 0.5) is 0 Å². The third kappa shape index (κ3) is 1.26. The van der Waals surface area contributed by atoms with Gasteiger partial charge < -0.3 is 0 Å². The molecule has 0 heterocycles. The first-order chi connectivity index (χ1) is 5.74. The summed E-state index contributed by atoms with van der Waals surface area (Å²) in [6, 6.07) is 9.12. The summed E-state index contributed by atoms with van der Waals surface area (Å²) in [5.74, 6) is 0. The number of hydrogen-bond acceptors (Lipinski definition) is 0. The van der Waals surface area contributed by atoms with Crippen molar-refractivity contribution < 1.29 is 0 Å². The summed E-state index contributed by atoms with van der Waals surface area (Å²) < 4.78 is 0. The quantitative estimate of drug-likeness (QED) is 0.622. The predicted octanol–water partition coefficient (Wildman–Crippen LogP) is 3.30. The fraction of sp³-hybridized carbons (Fsp3) is 0.500. The molecule has 2 rings (SSSR count). The van der Waals surface area contributed by atoms with Crippen molar-refractivity contribution in [2.24, 2.45) is 0 Å². The van der Waals surface area contributed by atoms with E-state index in [0.717, 1.165) is 6.42 Å². The zero-order chi connectivity index (χ0) is 8.60. The minimum Gasteiger partial charge on any atom is -0.0613 e. The Hall–Kier alpha value is -0.780. The molecule has 0 aromatic heterocycles. The van der Waals surface area contributed by atoms with Gasteiger partial charge in [-0.05, 0) is 35.8 Å². The van der Waals surface area contributed by atoms with Crippen LogP contribution in [0.2, 0.25) is 0 Å². The van der Waals surface area contributed by atoms with Crippen molar-refractivity contribution in [2.45, 2.75) is 38.5 Å². The Morgan fingerprint density at radius 2 is 1.75 bits per heavy atom. The van der Waals surface area contributed by atoms with Crippen molar-refractivity contribution in [3.8, 4) is 0 Å². The van der Waals surface area contributed by atoms with Gasteiger partial charge in [-0.3, -0.25) is 0 Å². The van der Waals surface area contributed by atoms with Crippen LogP contribution in [0.3, 0.4) is 0 Å². The van der Waals surface area contributed by atoms with Crippen molar-refractivity contribution in [3.05, 3.63) is 35.4 Å². The topological polar surface area (TPSA) is 0 Å². The Bertz CT molecular complexity index is 265. The highest BCUT2D eigenvalue weighted by Crippen LogP contribution is 2.47. The number of rotatable bonds is 2. The van der Waals surface area contributed by atoms with E-state index < -0.39 is 0 Å². The fourth-order valence-electron chi connectivity index (χ4n) is 1.62. The van der Waals surface area contributed by atoms with Crippen molar-refractivity contribution >= 4 is 0 Å². The predicted molar refractivity (Wildman–Crippen MR) is 52.4 cm³/mol. The lowest BCUT2D eigenvalue weighted by Crippen LogP contribution is -1.98. The molecule has 1 aromatic carbocycles. The van der Waals surface area contributed by atoms with Crippen LogP contribution in [0, 0.1) is 0 Å². The minimum absolute atomic E-state index is 0.534. The molecule has 0 amide bonds. The van der Waals surface area contributed by atoms with Gasteiger partial charge in [-0.15, -0.1) is 0 Å². The molecular formula is C12H16. The van der Waals surface area contributed by atoms with Crippen LogP contribution >= 0.6 is 0 Å². The van der Waals surface area contributed by atoms with E-state index in [0.29, 0.717) is 5.41 Å². The molecule has 0 unspecified atom stereocenters. The van der Waals surface area contributed by atoms with Crippen molar-refractivity contribution in [1.29, 1.82) is 0 Å². The maximum atomic E-state index is 2.36. The van der Waals surface area contributed by atoms with E-state index >= 15 is 0 Å². The number of hydrogen-bond donors (Lipinski definition) is 0. The molecule has 0 spiro atoms. The van der Waals surface area contributed by atoms with E-state index in [4.69, 9.17) is 0 Å². The summed E-state index contributed by atoms with van der Waals surface area (Å²) >= 11 is 0. The van der Waals surface area contributed by atoms with E-state index in [-0.39, 0.29) is 0 Å². The van der Waals surface area contributed by atoms with Crippen LogP contribution in [0.5, 0.6) is 0 Å². The zero-order valence-electron chi connectivity index (χ0n) is 7.93. The van der Waals surface area contributed by atoms with E-state index in [1.807, 2.05) is 0 Å². The molecular weight excluding hydrogens is 144 g/mol. The van der Waals surface area contributed by atoms with Crippen molar-refractivity contribution in [2.75, 3.05) is 0 Å². The standard InChI is InChI=1S/C12H16/c1-3-10-4-6-11(7-5-10)12(2)8-9-12/h4-7H,3,8-9H2,1-2H3. The summed E-state index contributed by atoms with van der Waals surface area (Å²) in [5.41, 5.74) is 3.51. The largest absolute Gasteiger partial charge is 0.0613 e. The smallest absolute Gasteiger partial charge is 0.00746 e. The molecule has 1 aromatic rings. The fourth-order valence-corrected chi connectivity index (χ4v) is 1.62. The Balaban J connectivity index is 2.25.